The molecular formula is C19H34O3. The van der Waals surface area contributed by atoms with E-state index in [4.69, 9.17) is 0 Å². The number of benzene rings is 1. The lowest BCUT2D eigenvalue weighted by atomic mass is 10.0. The van der Waals surface area contributed by atoms with Gasteiger partial charge in [-0.2, -0.15) is 0 Å². The maximum atomic E-state index is 11.4. The van der Waals surface area contributed by atoms with Crippen LogP contribution in [0.5, 0.6) is 0 Å². The molecule has 0 aliphatic heterocycles. The molecule has 128 valence electrons. The third-order valence-electron chi connectivity index (χ3n) is 1.81. The number of rotatable bonds is 4. The lowest BCUT2D eigenvalue weighted by Gasteiger charge is -1.97. The average Bonchev–Trinajstić information content (AvgIpc) is 2.62. The van der Waals surface area contributed by atoms with E-state index in [2.05, 4.69) is 0 Å². The van der Waals surface area contributed by atoms with Crippen molar-refractivity contribution in [1.82, 2.24) is 0 Å². The van der Waals surface area contributed by atoms with Crippen LogP contribution < -0.4 is 0 Å². The molecule has 0 aromatic heterocycles. The van der Waals surface area contributed by atoms with Crippen LogP contribution in [0.15, 0.2) is 30.3 Å². The van der Waals surface area contributed by atoms with E-state index in [1.807, 2.05) is 55.4 Å². The molecule has 0 unspecified atom stereocenters. The summed E-state index contributed by atoms with van der Waals surface area (Å²) in [6.07, 6.45) is -0.334. The highest BCUT2D eigenvalue weighted by Crippen LogP contribution is 2.03. The number of carbonyl (C=O) groups is 3. The van der Waals surface area contributed by atoms with Crippen LogP contribution in [-0.4, -0.2) is 17.3 Å². The fraction of sp³-hybridized carbons (Fsp3) is 0.526. The van der Waals surface area contributed by atoms with Crippen LogP contribution in [0, 0.1) is 0 Å². The predicted octanol–water partition coefficient (Wildman–Crippen LogP) is 5.52. The lowest BCUT2D eigenvalue weighted by molar-refractivity contribution is -0.134. The van der Waals surface area contributed by atoms with Gasteiger partial charge in [0, 0.05) is 12.5 Å². The molecule has 1 aromatic rings. The molecule has 0 atom stereocenters. The standard InChI is InChI=1S/C11H10O3.4C2H6/c1-8(12)10(13)7-11(14)9-5-3-2-4-6-9;4*1-2/h2-6H,7H2,1H3;4*1-2H3. The van der Waals surface area contributed by atoms with Crippen molar-refractivity contribution in [2.75, 3.05) is 0 Å². The molecule has 0 heterocycles. The van der Waals surface area contributed by atoms with E-state index in [1.54, 1.807) is 30.3 Å². The number of hydrogen-bond donors (Lipinski definition) is 0. The van der Waals surface area contributed by atoms with Gasteiger partial charge in [-0.3, -0.25) is 14.4 Å². The van der Waals surface area contributed by atoms with Crippen LogP contribution in [0.4, 0.5) is 0 Å². The Labute approximate surface area is 137 Å². The van der Waals surface area contributed by atoms with Gasteiger partial charge in [-0.1, -0.05) is 85.7 Å². The first kappa shape index (κ1) is 28.4. The Hall–Kier alpha value is -1.77. The van der Waals surface area contributed by atoms with Crippen molar-refractivity contribution in [3.63, 3.8) is 0 Å². The summed E-state index contributed by atoms with van der Waals surface area (Å²) < 4.78 is 0. The number of Topliss-reactive ketones (excluding diaryl/α,β-unsaturated/α-hetero) is 3. The van der Waals surface area contributed by atoms with E-state index in [0.29, 0.717) is 5.56 Å². The molecule has 0 fully saturated rings. The van der Waals surface area contributed by atoms with E-state index in [9.17, 15) is 14.4 Å². The maximum absolute atomic E-state index is 11.4. The van der Waals surface area contributed by atoms with Crippen LogP contribution in [0.3, 0.4) is 0 Å². The highest BCUT2D eigenvalue weighted by molar-refractivity contribution is 6.40. The zero-order valence-electron chi connectivity index (χ0n) is 15.8. The molecule has 0 saturated heterocycles. The highest BCUT2D eigenvalue weighted by atomic mass is 16.2. The number of ketones is 3. The van der Waals surface area contributed by atoms with Gasteiger partial charge in [0.05, 0.1) is 6.42 Å². The largest absolute Gasteiger partial charge is 0.294 e. The fourth-order valence-electron chi connectivity index (χ4n) is 0.996. The van der Waals surface area contributed by atoms with E-state index < -0.39 is 11.6 Å². The minimum atomic E-state index is -0.640. The van der Waals surface area contributed by atoms with Crippen LogP contribution in [0.25, 0.3) is 0 Å². The van der Waals surface area contributed by atoms with Crippen LogP contribution in [-0.2, 0) is 9.59 Å². The van der Waals surface area contributed by atoms with Gasteiger partial charge in [-0.15, -0.1) is 0 Å². The van der Waals surface area contributed by atoms with E-state index >= 15 is 0 Å². The number of hydrogen-bond acceptors (Lipinski definition) is 3. The van der Waals surface area contributed by atoms with Gasteiger partial charge in [0.25, 0.3) is 0 Å². The predicted molar refractivity (Wildman–Crippen MR) is 96.5 cm³/mol. The first-order valence-electron chi connectivity index (χ1n) is 8.23. The van der Waals surface area contributed by atoms with Gasteiger partial charge >= 0.3 is 0 Å². The normalized spacial score (nSPS) is 7.14. The molecule has 0 aliphatic rings. The van der Waals surface area contributed by atoms with E-state index in [-0.39, 0.29) is 12.2 Å². The van der Waals surface area contributed by atoms with Gasteiger partial charge in [0.2, 0.25) is 5.78 Å². The zero-order chi connectivity index (χ0) is 18.6. The van der Waals surface area contributed by atoms with Crippen molar-refractivity contribution in [3.05, 3.63) is 35.9 Å². The Bertz CT molecular complexity index is 368. The van der Waals surface area contributed by atoms with Crippen LogP contribution >= 0.6 is 0 Å². The van der Waals surface area contributed by atoms with Crippen molar-refractivity contribution >= 4 is 17.3 Å². The maximum Gasteiger partial charge on any atom is 0.205 e. The SMILES string of the molecule is CC.CC.CC.CC.CC(=O)C(=O)CC(=O)c1ccccc1. The van der Waals surface area contributed by atoms with Crippen LogP contribution in [0.2, 0.25) is 0 Å². The van der Waals surface area contributed by atoms with Gasteiger partial charge in [-0.05, 0) is 0 Å². The summed E-state index contributed by atoms with van der Waals surface area (Å²) in [5.74, 6) is -1.53. The summed E-state index contributed by atoms with van der Waals surface area (Å²) in [4.78, 5) is 33.0. The van der Waals surface area contributed by atoms with Crippen molar-refractivity contribution < 1.29 is 14.4 Å². The molecule has 3 heteroatoms. The third-order valence-corrected chi connectivity index (χ3v) is 1.81. The van der Waals surface area contributed by atoms with Crippen LogP contribution in [0.1, 0.15) is 79.1 Å². The second kappa shape index (κ2) is 24.3. The Morgan fingerprint density at radius 2 is 1.09 bits per heavy atom. The topological polar surface area (TPSA) is 51.2 Å². The monoisotopic (exact) mass is 310 g/mol. The molecule has 0 bridgehead atoms. The summed E-state index contributed by atoms with van der Waals surface area (Å²) in [5.41, 5.74) is 0.460. The molecular weight excluding hydrogens is 276 g/mol. The molecule has 1 rings (SSSR count). The fourth-order valence-corrected chi connectivity index (χ4v) is 0.996. The molecule has 22 heavy (non-hydrogen) atoms. The summed E-state index contributed by atoms with van der Waals surface area (Å²) >= 11 is 0. The van der Waals surface area contributed by atoms with Crippen molar-refractivity contribution in [2.24, 2.45) is 0 Å². The Morgan fingerprint density at radius 1 is 0.727 bits per heavy atom. The average molecular weight is 310 g/mol. The quantitative estimate of drug-likeness (QED) is 0.418. The van der Waals surface area contributed by atoms with Crippen molar-refractivity contribution in [1.29, 1.82) is 0 Å². The molecule has 0 amide bonds. The summed E-state index contributed by atoms with van der Waals surface area (Å²) in [7, 11) is 0. The number of carbonyl (C=O) groups excluding carboxylic acids is 3. The van der Waals surface area contributed by atoms with Gasteiger partial charge in [0.15, 0.2) is 11.6 Å². The van der Waals surface area contributed by atoms with E-state index in [1.165, 1.54) is 6.92 Å². The van der Waals surface area contributed by atoms with Gasteiger partial charge in [0.1, 0.15) is 0 Å². The summed E-state index contributed by atoms with van der Waals surface area (Å²) in [6, 6.07) is 8.45. The molecule has 0 aliphatic carbocycles. The first-order valence-corrected chi connectivity index (χ1v) is 8.23. The summed E-state index contributed by atoms with van der Waals surface area (Å²) in [6.45, 7) is 17.2. The molecule has 0 N–H and O–H groups in total. The Kier molecular flexibility index (Phi) is 31.3. The zero-order valence-corrected chi connectivity index (χ0v) is 15.8. The molecule has 1 aromatic carbocycles. The first-order chi connectivity index (χ1) is 10.6. The van der Waals surface area contributed by atoms with E-state index in [0.717, 1.165) is 0 Å². The highest BCUT2D eigenvalue weighted by Gasteiger charge is 2.14. The minimum Gasteiger partial charge on any atom is -0.294 e. The molecule has 0 spiro atoms. The molecule has 0 saturated carbocycles. The van der Waals surface area contributed by atoms with Gasteiger partial charge < -0.3 is 0 Å². The second-order valence-electron chi connectivity index (χ2n) is 2.95. The molecule has 3 nitrogen and oxygen atoms in total. The van der Waals surface area contributed by atoms with Crippen molar-refractivity contribution in [2.45, 2.75) is 68.7 Å². The Morgan fingerprint density at radius 3 is 1.41 bits per heavy atom. The van der Waals surface area contributed by atoms with Crippen molar-refractivity contribution in [3.8, 4) is 0 Å². The summed E-state index contributed by atoms with van der Waals surface area (Å²) in [5, 5.41) is 0. The molecule has 0 radical (unpaired) electrons. The van der Waals surface area contributed by atoms with Gasteiger partial charge in [-0.25, -0.2) is 0 Å². The second-order valence-corrected chi connectivity index (χ2v) is 2.95. The minimum absolute atomic E-state index is 0.314. The Balaban J connectivity index is -0.000000175. The third kappa shape index (κ3) is 16.3. The lowest BCUT2D eigenvalue weighted by Crippen LogP contribution is -2.14. The smallest absolute Gasteiger partial charge is 0.205 e.